The van der Waals surface area contributed by atoms with E-state index in [-0.39, 0.29) is 5.91 Å². The number of rotatable bonds is 2. The lowest BCUT2D eigenvalue weighted by atomic mass is 9.98. The molecule has 0 aliphatic carbocycles. The predicted octanol–water partition coefficient (Wildman–Crippen LogP) is 3.12. The van der Waals surface area contributed by atoms with E-state index in [1.807, 2.05) is 23.1 Å². The molecule has 2 bridgehead atoms. The molecule has 2 saturated heterocycles. The van der Waals surface area contributed by atoms with Gasteiger partial charge in [-0.1, -0.05) is 23.7 Å². The topological polar surface area (TPSA) is 29.5 Å². The van der Waals surface area contributed by atoms with Crippen LogP contribution in [-0.4, -0.2) is 36.1 Å². The van der Waals surface area contributed by atoms with Crippen LogP contribution in [0.2, 0.25) is 5.02 Å². The predicted molar refractivity (Wildman–Crippen MR) is 74.5 cm³/mol. The molecule has 0 radical (unpaired) electrons. The van der Waals surface area contributed by atoms with Crippen LogP contribution >= 0.6 is 11.6 Å². The van der Waals surface area contributed by atoms with Crippen molar-refractivity contribution in [1.82, 2.24) is 4.90 Å². The molecule has 3 rings (SSSR count). The van der Waals surface area contributed by atoms with Crippen LogP contribution in [0.5, 0.6) is 0 Å². The molecule has 19 heavy (non-hydrogen) atoms. The number of nitrogens with zero attached hydrogens (tertiary/aromatic N) is 1. The van der Waals surface area contributed by atoms with Crippen molar-refractivity contribution in [2.75, 3.05) is 7.11 Å². The first-order chi connectivity index (χ1) is 9.20. The number of carbonyl (C=O) groups is 1. The molecule has 0 spiro atoms. The Morgan fingerprint density at radius 1 is 1.26 bits per heavy atom. The first-order valence-corrected chi connectivity index (χ1v) is 7.18. The largest absolute Gasteiger partial charge is 0.381 e. The highest BCUT2D eigenvalue weighted by atomic mass is 35.5. The third-order valence-electron chi connectivity index (χ3n) is 4.36. The fraction of sp³-hybridized carbons (Fsp3) is 0.533. The molecule has 1 aromatic carbocycles. The van der Waals surface area contributed by atoms with Crippen LogP contribution in [0.25, 0.3) is 0 Å². The van der Waals surface area contributed by atoms with Crippen molar-refractivity contribution in [2.24, 2.45) is 0 Å². The fourth-order valence-corrected chi connectivity index (χ4v) is 3.64. The zero-order chi connectivity index (χ0) is 13.4. The van der Waals surface area contributed by atoms with E-state index < -0.39 is 0 Å². The van der Waals surface area contributed by atoms with Crippen molar-refractivity contribution in [3.8, 4) is 0 Å². The summed E-state index contributed by atoms with van der Waals surface area (Å²) in [6.07, 6.45) is 4.36. The Hall–Kier alpha value is -1.06. The van der Waals surface area contributed by atoms with Crippen molar-refractivity contribution in [3.63, 3.8) is 0 Å². The molecule has 102 valence electrons. The van der Waals surface area contributed by atoms with E-state index in [0.717, 1.165) is 25.7 Å². The Morgan fingerprint density at radius 3 is 2.47 bits per heavy atom. The van der Waals surface area contributed by atoms with Crippen LogP contribution in [0.4, 0.5) is 0 Å². The monoisotopic (exact) mass is 279 g/mol. The molecule has 2 heterocycles. The highest BCUT2D eigenvalue weighted by Gasteiger charge is 2.43. The second-order valence-corrected chi connectivity index (χ2v) is 5.81. The lowest BCUT2D eigenvalue weighted by molar-refractivity contribution is 0.00823. The normalized spacial score (nSPS) is 29.6. The molecular formula is C15H18ClNO2. The molecule has 2 aliphatic rings. The summed E-state index contributed by atoms with van der Waals surface area (Å²) in [5.41, 5.74) is 0.622. The molecule has 3 nitrogen and oxygen atoms in total. The van der Waals surface area contributed by atoms with E-state index in [2.05, 4.69) is 0 Å². The molecule has 1 aromatic rings. The number of ether oxygens (including phenoxy) is 1. The number of halogens is 1. The quantitative estimate of drug-likeness (QED) is 0.832. The maximum Gasteiger partial charge on any atom is 0.255 e. The number of hydrogen-bond donors (Lipinski definition) is 0. The third kappa shape index (κ3) is 2.26. The molecule has 2 atom stereocenters. The smallest absolute Gasteiger partial charge is 0.255 e. The van der Waals surface area contributed by atoms with Gasteiger partial charge in [0, 0.05) is 19.2 Å². The molecule has 0 saturated carbocycles. The summed E-state index contributed by atoms with van der Waals surface area (Å²) >= 11 is 6.14. The number of methoxy groups -OCH3 is 1. The molecule has 1 amide bonds. The summed E-state index contributed by atoms with van der Waals surface area (Å²) in [5.74, 6) is 0.0765. The van der Waals surface area contributed by atoms with Crippen LogP contribution in [-0.2, 0) is 4.74 Å². The fourth-order valence-electron chi connectivity index (χ4n) is 3.42. The van der Waals surface area contributed by atoms with E-state index in [1.165, 1.54) is 0 Å². The van der Waals surface area contributed by atoms with Crippen molar-refractivity contribution < 1.29 is 9.53 Å². The molecule has 4 heteroatoms. The van der Waals surface area contributed by atoms with Gasteiger partial charge in [-0.05, 0) is 37.8 Å². The Balaban J connectivity index is 1.84. The number of piperidine rings is 1. The minimum Gasteiger partial charge on any atom is -0.381 e. The van der Waals surface area contributed by atoms with Gasteiger partial charge in [0.1, 0.15) is 0 Å². The van der Waals surface area contributed by atoms with Gasteiger partial charge in [0.15, 0.2) is 0 Å². The van der Waals surface area contributed by atoms with Gasteiger partial charge in [0.2, 0.25) is 0 Å². The van der Waals surface area contributed by atoms with Crippen molar-refractivity contribution in [3.05, 3.63) is 34.9 Å². The lowest BCUT2D eigenvalue weighted by Crippen LogP contribution is -2.48. The van der Waals surface area contributed by atoms with Gasteiger partial charge in [-0.3, -0.25) is 4.79 Å². The van der Waals surface area contributed by atoms with Gasteiger partial charge in [-0.2, -0.15) is 0 Å². The molecular weight excluding hydrogens is 262 g/mol. The first kappa shape index (κ1) is 12.9. The van der Waals surface area contributed by atoms with E-state index in [0.29, 0.717) is 28.8 Å². The molecule has 2 fully saturated rings. The highest BCUT2D eigenvalue weighted by molar-refractivity contribution is 6.33. The minimum absolute atomic E-state index is 0.0765. The van der Waals surface area contributed by atoms with Gasteiger partial charge in [-0.15, -0.1) is 0 Å². The van der Waals surface area contributed by atoms with Gasteiger partial charge >= 0.3 is 0 Å². The number of hydrogen-bond acceptors (Lipinski definition) is 2. The molecule has 2 unspecified atom stereocenters. The Morgan fingerprint density at radius 2 is 1.89 bits per heavy atom. The summed E-state index contributed by atoms with van der Waals surface area (Å²) < 4.78 is 5.47. The van der Waals surface area contributed by atoms with Gasteiger partial charge < -0.3 is 9.64 Å². The van der Waals surface area contributed by atoms with E-state index in [1.54, 1.807) is 13.2 Å². The van der Waals surface area contributed by atoms with Crippen LogP contribution < -0.4 is 0 Å². The van der Waals surface area contributed by atoms with Gasteiger partial charge in [0.05, 0.1) is 16.7 Å². The summed E-state index contributed by atoms with van der Waals surface area (Å²) in [6.45, 7) is 0. The summed E-state index contributed by atoms with van der Waals surface area (Å²) in [5, 5.41) is 0.542. The maximum atomic E-state index is 12.7. The Bertz CT molecular complexity index is 477. The van der Waals surface area contributed by atoms with Crippen molar-refractivity contribution >= 4 is 17.5 Å². The standard InChI is InChI=1S/C15H18ClNO2/c1-19-12-8-10-6-7-11(9-12)17(10)15(18)13-4-2-3-5-14(13)16/h2-5,10-12H,6-9H2,1H3. The third-order valence-corrected chi connectivity index (χ3v) is 4.69. The van der Waals surface area contributed by atoms with Crippen molar-refractivity contribution in [2.45, 2.75) is 43.9 Å². The van der Waals surface area contributed by atoms with Gasteiger partial charge in [0.25, 0.3) is 5.91 Å². The van der Waals surface area contributed by atoms with Crippen molar-refractivity contribution in [1.29, 1.82) is 0 Å². The number of carbonyl (C=O) groups excluding carboxylic acids is 1. The highest BCUT2D eigenvalue weighted by Crippen LogP contribution is 2.38. The number of benzene rings is 1. The molecule has 0 aromatic heterocycles. The number of amides is 1. The molecule has 0 N–H and O–H groups in total. The van der Waals surface area contributed by atoms with Crippen LogP contribution in [0.1, 0.15) is 36.0 Å². The van der Waals surface area contributed by atoms with Crippen LogP contribution in [0, 0.1) is 0 Å². The zero-order valence-electron chi connectivity index (χ0n) is 11.0. The maximum absolute atomic E-state index is 12.7. The van der Waals surface area contributed by atoms with E-state index >= 15 is 0 Å². The second kappa shape index (κ2) is 5.14. The van der Waals surface area contributed by atoms with Crippen LogP contribution in [0.15, 0.2) is 24.3 Å². The minimum atomic E-state index is 0.0765. The zero-order valence-corrected chi connectivity index (χ0v) is 11.8. The average molecular weight is 280 g/mol. The SMILES string of the molecule is COC1CC2CCC(C1)N2C(=O)c1ccccc1Cl. The lowest BCUT2D eigenvalue weighted by Gasteiger charge is -2.38. The van der Waals surface area contributed by atoms with E-state index in [9.17, 15) is 4.79 Å². The van der Waals surface area contributed by atoms with E-state index in [4.69, 9.17) is 16.3 Å². The number of fused-ring (bicyclic) bond motifs is 2. The molecule has 2 aliphatic heterocycles. The van der Waals surface area contributed by atoms with Crippen LogP contribution in [0.3, 0.4) is 0 Å². The first-order valence-electron chi connectivity index (χ1n) is 6.80. The summed E-state index contributed by atoms with van der Waals surface area (Å²) in [6, 6.07) is 7.93. The Labute approximate surface area is 118 Å². The summed E-state index contributed by atoms with van der Waals surface area (Å²) in [7, 11) is 1.76. The summed E-state index contributed by atoms with van der Waals surface area (Å²) in [4.78, 5) is 14.7. The Kier molecular flexibility index (Phi) is 3.50. The second-order valence-electron chi connectivity index (χ2n) is 5.41. The average Bonchev–Trinajstić information content (AvgIpc) is 2.69. The van der Waals surface area contributed by atoms with Gasteiger partial charge in [-0.25, -0.2) is 0 Å².